The van der Waals surface area contributed by atoms with Gasteiger partial charge in [0.1, 0.15) is 0 Å². The second kappa shape index (κ2) is 10.0. The summed E-state index contributed by atoms with van der Waals surface area (Å²) in [7, 11) is 3.60. The van der Waals surface area contributed by atoms with Crippen LogP contribution >= 0.6 is 0 Å². The van der Waals surface area contributed by atoms with Gasteiger partial charge >= 0.3 is 0 Å². The summed E-state index contributed by atoms with van der Waals surface area (Å²) in [6.45, 7) is 7.20. The molecule has 112 valence electrons. The molecule has 0 aromatic heterocycles. The van der Waals surface area contributed by atoms with E-state index in [0.717, 1.165) is 32.2 Å². The summed E-state index contributed by atoms with van der Waals surface area (Å²) in [5.74, 6) is 0.923. The smallest absolute Gasteiger partial charge is 0.191 e. The number of aliphatic imine (C=N–C) groups is 1. The maximum atomic E-state index is 5.17. The Balaban J connectivity index is 2.25. The van der Waals surface area contributed by atoms with E-state index in [9.17, 15) is 0 Å². The predicted molar refractivity (Wildman–Crippen MR) is 80.7 cm³/mol. The van der Waals surface area contributed by atoms with Gasteiger partial charge in [0.15, 0.2) is 5.96 Å². The molecule has 0 aliphatic carbocycles. The van der Waals surface area contributed by atoms with E-state index in [0.29, 0.717) is 6.04 Å². The van der Waals surface area contributed by atoms with E-state index in [1.54, 1.807) is 7.11 Å². The van der Waals surface area contributed by atoms with Crippen molar-refractivity contribution in [1.29, 1.82) is 0 Å². The first-order valence-corrected chi connectivity index (χ1v) is 7.49. The second-order valence-electron chi connectivity index (χ2n) is 5.06. The molecule has 0 amide bonds. The Hall–Kier alpha value is -0.810. The molecular formula is C14H30N4O. The molecule has 1 heterocycles. The summed E-state index contributed by atoms with van der Waals surface area (Å²) >= 11 is 0. The summed E-state index contributed by atoms with van der Waals surface area (Å²) < 4.78 is 5.17. The molecule has 0 spiro atoms. The Morgan fingerprint density at radius 1 is 1.42 bits per heavy atom. The molecular weight excluding hydrogens is 240 g/mol. The van der Waals surface area contributed by atoms with Crippen LogP contribution in [0.2, 0.25) is 0 Å². The highest BCUT2D eigenvalue weighted by Gasteiger charge is 2.23. The Labute approximate surface area is 117 Å². The lowest BCUT2D eigenvalue weighted by molar-refractivity contribution is 0.141. The van der Waals surface area contributed by atoms with Gasteiger partial charge in [0, 0.05) is 39.8 Å². The Kier molecular flexibility index (Phi) is 8.58. The third kappa shape index (κ3) is 6.25. The van der Waals surface area contributed by atoms with Crippen LogP contribution in [-0.4, -0.2) is 63.8 Å². The van der Waals surface area contributed by atoms with Crippen molar-refractivity contribution in [1.82, 2.24) is 15.5 Å². The molecule has 0 aromatic carbocycles. The largest absolute Gasteiger partial charge is 0.383 e. The van der Waals surface area contributed by atoms with Crippen molar-refractivity contribution in [3.05, 3.63) is 0 Å². The molecule has 1 atom stereocenters. The monoisotopic (exact) mass is 270 g/mol. The zero-order valence-corrected chi connectivity index (χ0v) is 12.7. The summed E-state index contributed by atoms with van der Waals surface area (Å²) in [6, 6.07) is 0.611. The molecule has 1 rings (SSSR count). The topological polar surface area (TPSA) is 48.9 Å². The molecule has 5 heteroatoms. The van der Waals surface area contributed by atoms with E-state index in [-0.39, 0.29) is 0 Å². The number of rotatable bonds is 8. The molecule has 1 unspecified atom stereocenters. The molecule has 1 saturated heterocycles. The SMILES string of the molecule is CCCCNC(=NC)NCC1CCCN1CCOC. The first-order valence-electron chi connectivity index (χ1n) is 7.49. The van der Waals surface area contributed by atoms with Gasteiger partial charge in [-0.3, -0.25) is 9.89 Å². The summed E-state index contributed by atoms with van der Waals surface area (Å²) in [6.07, 6.45) is 4.95. The summed E-state index contributed by atoms with van der Waals surface area (Å²) in [5.41, 5.74) is 0. The third-order valence-corrected chi connectivity index (χ3v) is 3.63. The van der Waals surface area contributed by atoms with Crippen molar-refractivity contribution in [2.75, 3.05) is 46.9 Å². The van der Waals surface area contributed by atoms with E-state index >= 15 is 0 Å². The van der Waals surface area contributed by atoms with Crippen LogP contribution in [-0.2, 0) is 4.74 Å². The van der Waals surface area contributed by atoms with Crippen molar-refractivity contribution in [2.24, 2.45) is 4.99 Å². The highest BCUT2D eigenvalue weighted by atomic mass is 16.5. The molecule has 2 N–H and O–H groups in total. The van der Waals surface area contributed by atoms with Crippen LogP contribution in [0.3, 0.4) is 0 Å². The molecule has 0 saturated carbocycles. The van der Waals surface area contributed by atoms with Crippen LogP contribution in [0.1, 0.15) is 32.6 Å². The Morgan fingerprint density at radius 3 is 2.95 bits per heavy atom. The van der Waals surface area contributed by atoms with Crippen LogP contribution in [0.5, 0.6) is 0 Å². The first-order chi connectivity index (χ1) is 9.31. The zero-order chi connectivity index (χ0) is 13.9. The number of hydrogen-bond acceptors (Lipinski definition) is 3. The van der Waals surface area contributed by atoms with Gasteiger partial charge in [0.25, 0.3) is 0 Å². The van der Waals surface area contributed by atoms with Gasteiger partial charge in [-0.25, -0.2) is 0 Å². The maximum Gasteiger partial charge on any atom is 0.191 e. The number of methoxy groups -OCH3 is 1. The van der Waals surface area contributed by atoms with Gasteiger partial charge in [-0.1, -0.05) is 13.3 Å². The average Bonchev–Trinajstić information content (AvgIpc) is 2.88. The van der Waals surface area contributed by atoms with Crippen molar-refractivity contribution < 1.29 is 4.74 Å². The number of likely N-dealkylation sites (tertiary alicyclic amines) is 1. The molecule has 0 aromatic rings. The van der Waals surface area contributed by atoms with Gasteiger partial charge < -0.3 is 15.4 Å². The number of nitrogens with one attached hydrogen (secondary N) is 2. The van der Waals surface area contributed by atoms with Crippen LogP contribution < -0.4 is 10.6 Å². The van der Waals surface area contributed by atoms with Gasteiger partial charge in [0.05, 0.1) is 6.61 Å². The zero-order valence-electron chi connectivity index (χ0n) is 12.7. The van der Waals surface area contributed by atoms with E-state index in [2.05, 4.69) is 27.4 Å². The van der Waals surface area contributed by atoms with Crippen molar-refractivity contribution in [2.45, 2.75) is 38.6 Å². The summed E-state index contributed by atoms with van der Waals surface area (Å²) in [4.78, 5) is 6.77. The number of ether oxygens (including phenoxy) is 1. The van der Waals surface area contributed by atoms with E-state index in [1.807, 2.05) is 7.05 Å². The molecule has 19 heavy (non-hydrogen) atoms. The number of guanidine groups is 1. The fraction of sp³-hybridized carbons (Fsp3) is 0.929. The average molecular weight is 270 g/mol. The fourth-order valence-electron chi connectivity index (χ4n) is 2.45. The standard InChI is InChI=1S/C14H30N4O/c1-4-5-8-16-14(15-2)17-12-13-7-6-9-18(13)10-11-19-3/h13H,4-12H2,1-3H3,(H2,15,16,17). The maximum absolute atomic E-state index is 5.17. The lowest BCUT2D eigenvalue weighted by atomic mass is 10.2. The summed E-state index contributed by atoms with van der Waals surface area (Å²) in [5, 5.41) is 6.78. The van der Waals surface area contributed by atoms with E-state index in [4.69, 9.17) is 4.74 Å². The van der Waals surface area contributed by atoms with E-state index < -0.39 is 0 Å². The number of unbranched alkanes of at least 4 members (excludes halogenated alkanes) is 1. The lowest BCUT2D eigenvalue weighted by Gasteiger charge is -2.25. The number of hydrogen-bond donors (Lipinski definition) is 2. The van der Waals surface area contributed by atoms with E-state index in [1.165, 1.54) is 32.2 Å². The molecule has 1 aliphatic rings. The highest BCUT2D eigenvalue weighted by molar-refractivity contribution is 5.79. The molecule has 1 aliphatic heterocycles. The van der Waals surface area contributed by atoms with Gasteiger partial charge in [-0.05, 0) is 25.8 Å². The molecule has 0 bridgehead atoms. The lowest BCUT2D eigenvalue weighted by Crippen LogP contribution is -2.45. The minimum Gasteiger partial charge on any atom is -0.383 e. The quantitative estimate of drug-likeness (QED) is 0.393. The van der Waals surface area contributed by atoms with Crippen molar-refractivity contribution in [3.63, 3.8) is 0 Å². The van der Waals surface area contributed by atoms with Crippen LogP contribution in [0.25, 0.3) is 0 Å². The fourth-order valence-corrected chi connectivity index (χ4v) is 2.45. The molecule has 0 radical (unpaired) electrons. The number of nitrogens with zero attached hydrogens (tertiary/aromatic N) is 2. The second-order valence-corrected chi connectivity index (χ2v) is 5.06. The van der Waals surface area contributed by atoms with Crippen LogP contribution in [0, 0.1) is 0 Å². The predicted octanol–water partition coefficient (Wildman–Crippen LogP) is 1.06. The van der Waals surface area contributed by atoms with Crippen molar-refractivity contribution >= 4 is 5.96 Å². The first kappa shape index (κ1) is 16.2. The third-order valence-electron chi connectivity index (χ3n) is 3.63. The highest BCUT2D eigenvalue weighted by Crippen LogP contribution is 2.15. The van der Waals surface area contributed by atoms with Crippen LogP contribution in [0.15, 0.2) is 4.99 Å². The molecule has 1 fully saturated rings. The van der Waals surface area contributed by atoms with Crippen LogP contribution in [0.4, 0.5) is 0 Å². The minimum absolute atomic E-state index is 0.611. The van der Waals surface area contributed by atoms with Gasteiger partial charge in [-0.2, -0.15) is 0 Å². The van der Waals surface area contributed by atoms with Crippen molar-refractivity contribution in [3.8, 4) is 0 Å². The normalized spacial score (nSPS) is 20.8. The minimum atomic E-state index is 0.611. The molecule has 5 nitrogen and oxygen atoms in total. The Bertz CT molecular complexity index is 258. The Morgan fingerprint density at radius 2 is 2.26 bits per heavy atom. The van der Waals surface area contributed by atoms with Gasteiger partial charge in [-0.15, -0.1) is 0 Å². The van der Waals surface area contributed by atoms with Gasteiger partial charge in [0.2, 0.25) is 0 Å².